The fraction of sp³-hybridized carbons (Fsp3) is 0.333. The van der Waals surface area contributed by atoms with Crippen LogP contribution in [0.15, 0.2) is 28.7 Å². The standard InChI is InChI=1S/C24H28O7/c1-13-14(2)22(16-11-19(27-5)24(30-8)20(12-16)28-6)31-21(13)15-9-17(25-3)23(29-7)18(10-15)26-4/h9-12H,1-8H3. The molecule has 31 heavy (non-hydrogen) atoms. The number of ether oxygens (including phenoxy) is 6. The molecule has 3 aromatic rings. The predicted octanol–water partition coefficient (Wildman–Crippen LogP) is 5.28. The highest BCUT2D eigenvalue weighted by molar-refractivity contribution is 5.77. The molecule has 0 N–H and O–H groups in total. The Kier molecular flexibility index (Phi) is 6.53. The lowest BCUT2D eigenvalue weighted by Gasteiger charge is -2.14. The van der Waals surface area contributed by atoms with E-state index in [0.717, 1.165) is 22.3 Å². The van der Waals surface area contributed by atoms with Gasteiger partial charge in [-0.2, -0.15) is 0 Å². The normalized spacial score (nSPS) is 10.6. The van der Waals surface area contributed by atoms with E-state index in [-0.39, 0.29) is 0 Å². The fourth-order valence-corrected chi connectivity index (χ4v) is 3.57. The number of methoxy groups -OCH3 is 6. The summed E-state index contributed by atoms with van der Waals surface area (Å²) in [5, 5.41) is 0. The largest absolute Gasteiger partial charge is 0.493 e. The van der Waals surface area contributed by atoms with Crippen molar-refractivity contribution in [3.8, 4) is 57.1 Å². The van der Waals surface area contributed by atoms with E-state index in [1.54, 1.807) is 42.7 Å². The van der Waals surface area contributed by atoms with Crippen LogP contribution in [0.1, 0.15) is 11.1 Å². The van der Waals surface area contributed by atoms with Crippen LogP contribution in [0.2, 0.25) is 0 Å². The molecular weight excluding hydrogens is 400 g/mol. The molecule has 7 heteroatoms. The predicted molar refractivity (Wildman–Crippen MR) is 118 cm³/mol. The van der Waals surface area contributed by atoms with Crippen molar-refractivity contribution in [2.24, 2.45) is 0 Å². The number of hydrogen-bond acceptors (Lipinski definition) is 7. The second-order valence-corrected chi connectivity index (χ2v) is 6.84. The molecule has 0 amide bonds. The molecular formula is C24H28O7. The Hall–Kier alpha value is -3.48. The van der Waals surface area contributed by atoms with Gasteiger partial charge in [-0.3, -0.25) is 0 Å². The van der Waals surface area contributed by atoms with Gasteiger partial charge in [0.2, 0.25) is 11.5 Å². The van der Waals surface area contributed by atoms with Crippen molar-refractivity contribution in [2.75, 3.05) is 42.7 Å². The van der Waals surface area contributed by atoms with Gasteiger partial charge in [-0.1, -0.05) is 0 Å². The van der Waals surface area contributed by atoms with Crippen molar-refractivity contribution in [1.29, 1.82) is 0 Å². The van der Waals surface area contributed by atoms with E-state index < -0.39 is 0 Å². The highest BCUT2D eigenvalue weighted by Gasteiger charge is 2.23. The molecule has 0 unspecified atom stereocenters. The zero-order valence-corrected chi connectivity index (χ0v) is 19.2. The molecule has 0 fully saturated rings. The maximum atomic E-state index is 6.36. The maximum Gasteiger partial charge on any atom is 0.203 e. The summed E-state index contributed by atoms with van der Waals surface area (Å²) in [6.45, 7) is 4.03. The number of benzene rings is 2. The second-order valence-electron chi connectivity index (χ2n) is 6.84. The number of furan rings is 1. The van der Waals surface area contributed by atoms with Crippen molar-refractivity contribution in [1.82, 2.24) is 0 Å². The summed E-state index contributed by atoms with van der Waals surface area (Å²) < 4.78 is 39.2. The third kappa shape index (κ3) is 3.83. The first kappa shape index (κ1) is 22.2. The minimum absolute atomic E-state index is 0.527. The first-order valence-electron chi connectivity index (χ1n) is 9.64. The molecule has 0 aliphatic heterocycles. The van der Waals surface area contributed by atoms with Crippen LogP contribution in [0.4, 0.5) is 0 Å². The van der Waals surface area contributed by atoms with Gasteiger partial charge < -0.3 is 32.8 Å². The minimum Gasteiger partial charge on any atom is -0.493 e. The summed E-state index contributed by atoms with van der Waals surface area (Å²) >= 11 is 0. The van der Waals surface area contributed by atoms with Crippen LogP contribution in [0.5, 0.6) is 34.5 Å². The quantitative estimate of drug-likeness (QED) is 0.483. The zero-order chi connectivity index (χ0) is 22.7. The lowest BCUT2D eigenvalue weighted by molar-refractivity contribution is 0.324. The van der Waals surface area contributed by atoms with Crippen molar-refractivity contribution in [3.05, 3.63) is 35.4 Å². The van der Waals surface area contributed by atoms with Crippen LogP contribution < -0.4 is 28.4 Å². The first-order chi connectivity index (χ1) is 14.9. The summed E-state index contributed by atoms with van der Waals surface area (Å²) in [5.74, 6) is 4.69. The van der Waals surface area contributed by atoms with Gasteiger partial charge in [-0.05, 0) is 49.2 Å². The summed E-state index contributed by atoms with van der Waals surface area (Å²) in [5.41, 5.74) is 3.62. The second kappa shape index (κ2) is 9.12. The minimum atomic E-state index is 0.527. The van der Waals surface area contributed by atoms with E-state index in [9.17, 15) is 0 Å². The third-order valence-electron chi connectivity index (χ3n) is 5.30. The SMILES string of the molecule is COc1cc(-c2oc(-c3cc(OC)c(OC)c(OC)c3)c(C)c2C)cc(OC)c1OC. The molecule has 0 saturated carbocycles. The van der Waals surface area contributed by atoms with Gasteiger partial charge in [0, 0.05) is 11.1 Å². The Morgan fingerprint density at radius 2 is 0.774 bits per heavy atom. The van der Waals surface area contributed by atoms with Crippen LogP contribution in [0.3, 0.4) is 0 Å². The monoisotopic (exact) mass is 428 g/mol. The Bertz CT molecular complexity index is 948. The highest BCUT2D eigenvalue weighted by atomic mass is 16.5. The van der Waals surface area contributed by atoms with E-state index in [1.807, 2.05) is 38.1 Å². The smallest absolute Gasteiger partial charge is 0.203 e. The van der Waals surface area contributed by atoms with Crippen LogP contribution >= 0.6 is 0 Å². The molecule has 2 aromatic carbocycles. The zero-order valence-electron chi connectivity index (χ0n) is 19.2. The average Bonchev–Trinajstić information content (AvgIpc) is 3.11. The van der Waals surface area contributed by atoms with Gasteiger partial charge in [0.15, 0.2) is 23.0 Å². The molecule has 1 heterocycles. The van der Waals surface area contributed by atoms with Crippen LogP contribution in [-0.2, 0) is 0 Å². The summed E-state index contributed by atoms with van der Waals surface area (Å²) in [6.07, 6.45) is 0. The van der Waals surface area contributed by atoms with Gasteiger partial charge >= 0.3 is 0 Å². The number of rotatable bonds is 8. The van der Waals surface area contributed by atoms with Gasteiger partial charge in [0.05, 0.1) is 42.7 Å². The van der Waals surface area contributed by atoms with E-state index in [1.165, 1.54) is 0 Å². The molecule has 0 atom stereocenters. The van der Waals surface area contributed by atoms with Crippen LogP contribution in [0, 0.1) is 13.8 Å². The Balaban J connectivity index is 2.20. The molecule has 0 aliphatic carbocycles. The van der Waals surface area contributed by atoms with Crippen molar-refractivity contribution in [3.63, 3.8) is 0 Å². The summed E-state index contributed by atoms with van der Waals surface area (Å²) in [4.78, 5) is 0. The molecule has 0 bridgehead atoms. The van der Waals surface area contributed by atoms with Gasteiger partial charge in [-0.15, -0.1) is 0 Å². The molecule has 166 valence electrons. The third-order valence-corrected chi connectivity index (χ3v) is 5.30. The Labute approximate surface area is 182 Å². The molecule has 7 nitrogen and oxygen atoms in total. The van der Waals surface area contributed by atoms with Crippen molar-refractivity contribution in [2.45, 2.75) is 13.8 Å². The van der Waals surface area contributed by atoms with E-state index in [2.05, 4.69) is 0 Å². The van der Waals surface area contributed by atoms with E-state index in [0.29, 0.717) is 46.0 Å². The van der Waals surface area contributed by atoms with Crippen molar-refractivity contribution < 1.29 is 32.8 Å². The van der Waals surface area contributed by atoms with Gasteiger partial charge in [0.25, 0.3) is 0 Å². The van der Waals surface area contributed by atoms with Gasteiger partial charge in [0.1, 0.15) is 11.5 Å². The maximum absolute atomic E-state index is 6.36. The molecule has 0 spiro atoms. The molecule has 1 aromatic heterocycles. The van der Waals surface area contributed by atoms with E-state index >= 15 is 0 Å². The average molecular weight is 428 g/mol. The first-order valence-corrected chi connectivity index (χ1v) is 9.64. The van der Waals surface area contributed by atoms with E-state index in [4.69, 9.17) is 32.8 Å². The topological polar surface area (TPSA) is 68.5 Å². The van der Waals surface area contributed by atoms with Crippen LogP contribution in [0.25, 0.3) is 22.6 Å². The lowest BCUT2D eigenvalue weighted by Crippen LogP contribution is -1.95. The van der Waals surface area contributed by atoms with Crippen molar-refractivity contribution >= 4 is 0 Å². The molecule has 0 radical (unpaired) electrons. The summed E-state index contributed by atoms with van der Waals surface area (Å²) in [7, 11) is 9.49. The van der Waals surface area contributed by atoms with Gasteiger partial charge in [-0.25, -0.2) is 0 Å². The van der Waals surface area contributed by atoms with Crippen LogP contribution in [-0.4, -0.2) is 42.7 Å². The molecule has 3 rings (SSSR count). The Morgan fingerprint density at radius 1 is 0.484 bits per heavy atom. The summed E-state index contributed by atoms with van der Waals surface area (Å²) in [6, 6.07) is 7.47. The lowest BCUT2D eigenvalue weighted by atomic mass is 10.0. The molecule has 0 aliphatic rings. The number of hydrogen-bond donors (Lipinski definition) is 0. The molecule has 0 saturated heterocycles. The Morgan fingerprint density at radius 3 is 1.00 bits per heavy atom. The fourth-order valence-electron chi connectivity index (χ4n) is 3.57. The highest BCUT2D eigenvalue weighted by Crippen LogP contribution is 2.46.